The van der Waals surface area contributed by atoms with Gasteiger partial charge in [-0.15, -0.1) is 11.3 Å². The van der Waals surface area contributed by atoms with Gasteiger partial charge in [-0.25, -0.2) is 9.97 Å². The van der Waals surface area contributed by atoms with Crippen molar-refractivity contribution < 1.29 is 9.21 Å². The Kier molecular flexibility index (Phi) is 3.30. The van der Waals surface area contributed by atoms with Gasteiger partial charge in [-0.2, -0.15) is 0 Å². The lowest BCUT2D eigenvalue weighted by molar-refractivity contribution is 0.102. The molecule has 0 saturated heterocycles. The number of carbonyl (C=O) groups excluding carboxylic acids is 1. The van der Waals surface area contributed by atoms with E-state index in [-0.39, 0.29) is 5.91 Å². The summed E-state index contributed by atoms with van der Waals surface area (Å²) in [6, 6.07) is 7.30. The van der Waals surface area contributed by atoms with Crippen LogP contribution in [0, 0.1) is 6.92 Å². The van der Waals surface area contributed by atoms with E-state index >= 15 is 0 Å². The lowest BCUT2D eigenvalue weighted by Gasteiger charge is -2.04. The minimum Gasteiger partial charge on any atom is -0.462 e. The highest BCUT2D eigenvalue weighted by Gasteiger charge is 2.14. The number of rotatable bonds is 3. The number of furan rings is 1. The first kappa shape index (κ1) is 12.6. The molecule has 3 heterocycles. The van der Waals surface area contributed by atoms with E-state index in [1.165, 1.54) is 11.3 Å². The molecule has 0 aliphatic heterocycles. The van der Waals surface area contributed by atoms with E-state index in [0.29, 0.717) is 22.3 Å². The predicted molar refractivity (Wildman–Crippen MR) is 76.7 cm³/mol. The van der Waals surface area contributed by atoms with Gasteiger partial charge in [-0.1, -0.05) is 6.07 Å². The van der Waals surface area contributed by atoms with Crippen LogP contribution < -0.4 is 5.32 Å². The molecule has 0 radical (unpaired) electrons. The van der Waals surface area contributed by atoms with Gasteiger partial charge >= 0.3 is 0 Å². The Morgan fingerprint density at radius 2 is 2.25 bits per heavy atom. The molecule has 0 spiro atoms. The normalized spacial score (nSPS) is 10.4. The summed E-state index contributed by atoms with van der Waals surface area (Å²) in [7, 11) is 0. The van der Waals surface area contributed by atoms with Crippen LogP contribution in [-0.4, -0.2) is 15.9 Å². The summed E-state index contributed by atoms with van der Waals surface area (Å²) in [5.74, 6) is 0.925. The maximum atomic E-state index is 12.1. The number of amides is 1. The summed E-state index contributed by atoms with van der Waals surface area (Å²) in [5.41, 5.74) is 1.26. The van der Waals surface area contributed by atoms with Crippen LogP contribution in [0.3, 0.4) is 0 Å². The number of nitrogens with zero attached hydrogens (tertiary/aromatic N) is 2. The van der Waals surface area contributed by atoms with E-state index in [0.717, 1.165) is 5.56 Å². The fourth-order valence-corrected chi connectivity index (χ4v) is 2.45. The van der Waals surface area contributed by atoms with Gasteiger partial charge < -0.3 is 9.73 Å². The van der Waals surface area contributed by atoms with E-state index in [1.807, 2.05) is 25.1 Å². The Morgan fingerprint density at radius 3 is 3.00 bits per heavy atom. The molecule has 3 rings (SSSR count). The van der Waals surface area contributed by atoms with Crippen LogP contribution in [0.4, 0.5) is 5.82 Å². The first-order valence-corrected chi connectivity index (χ1v) is 6.84. The third-order valence-corrected chi connectivity index (χ3v) is 3.57. The van der Waals surface area contributed by atoms with E-state index < -0.39 is 0 Å². The van der Waals surface area contributed by atoms with Gasteiger partial charge in [0.15, 0.2) is 10.8 Å². The molecule has 0 aliphatic carbocycles. The molecule has 1 amide bonds. The summed E-state index contributed by atoms with van der Waals surface area (Å²) in [6.45, 7) is 1.89. The Balaban J connectivity index is 1.80. The fraction of sp³-hybridized carbons (Fsp3) is 0.0714. The maximum absolute atomic E-state index is 12.1. The number of aromatic nitrogens is 2. The summed E-state index contributed by atoms with van der Waals surface area (Å²) < 4.78 is 5.25. The van der Waals surface area contributed by atoms with E-state index in [4.69, 9.17) is 4.42 Å². The Hall–Kier alpha value is -2.47. The second-order valence-corrected chi connectivity index (χ2v) is 5.00. The first-order chi connectivity index (χ1) is 9.74. The number of aryl methyl sites for hydroxylation is 1. The van der Waals surface area contributed by atoms with Crippen LogP contribution in [0.25, 0.3) is 10.8 Å². The molecule has 5 nitrogen and oxygen atoms in total. The van der Waals surface area contributed by atoms with Crippen molar-refractivity contribution in [1.82, 2.24) is 9.97 Å². The number of carbonyl (C=O) groups is 1. The lowest BCUT2D eigenvalue weighted by atomic mass is 10.3. The second-order valence-electron chi connectivity index (χ2n) is 4.14. The number of thiazole rings is 1. The number of anilines is 1. The molecule has 3 aromatic rings. The molecule has 0 saturated carbocycles. The quantitative estimate of drug-likeness (QED) is 0.801. The van der Waals surface area contributed by atoms with Crippen molar-refractivity contribution in [2.75, 3.05) is 5.32 Å². The van der Waals surface area contributed by atoms with Gasteiger partial charge in [0.1, 0.15) is 11.5 Å². The minimum absolute atomic E-state index is 0.277. The molecule has 0 atom stereocenters. The van der Waals surface area contributed by atoms with Crippen LogP contribution >= 0.6 is 11.3 Å². The van der Waals surface area contributed by atoms with Crippen LogP contribution in [0.1, 0.15) is 16.1 Å². The summed E-state index contributed by atoms with van der Waals surface area (Å²) in [4.78, 5) is 20.5. The zero-order valence-electron chi connectivity index (χ0n) is 10.7. The van der Waals surface area contributed by atoms with Gasteiger partial charge in [0.25, 0.3) is 5.91 Å². The highest BCUT2D eigenvalue weighted by atomic mass is 32.1. The Labute approximate surface area is 119 Å². The zero-order chi connectivity index (χ0) is 13.9. The molecule has 3 aromatic heterocycles. The predicted octanol–water partition coefficient (Wildman–Crippen LogP) is 3.36. The lowest BCUT2D eigenvalue weighted by Crippen LogP contribution is -2.14. The monoisotopic (exact) mass is 285 g/mol. The standard InChI is InChI=1S/C14H11N3O2S/c1-9-4-2-6-15-12(9)17-13(18)10-8-20-14(16-10)11-5-3-7-19-11/h2-8H,1H3,(H,15,17,18). The van der Waals surface area contributed by atoms with Gasteiger partial charge in [-0.05, 0) is 30.7 Å². The topological polar surface area (TPSA) is 68.0 Å². The van der Waals surface area contributed by atoms with Crippen LogP contribution in [0.5, 0.6) is 0 Å². The molecule has 20 heavy (non-hydrogen) atoms. The van der Waals surface area contributed by atoms with Crippen LogP contribution in [0.2, 0.25) is 0 Å². The number of pyridine rings is 1. The molecule has 1 N–H and O–H groups in total. The molecule has 0 unspecified atom stereocenters. The summed E-state index contributed by atoms with van der Waals surface area (Å²) in [5, 5.41) is 5.13. The Morgan fingerprint density at radius 1 is 1.35 bits per heavy atom. The summed E-state index contributed by atoms with van der Waals surface area (Å²) in [6.07, 6.45) is 3.21. The molecule has 0 bridgehead atoms. The number of hydrogen-bond acceptors (Lipinski definition) is 5. The van der Waals surface area contributed by atoms with Crippen molar-refractivity contribution >= 4 is 23.1 Å². The number of nitrogens with one attached hydrogen (secondary N) is 1. The van der Waals surface area contributed by atoms with Crippen molar-refractivity contribution in [2.24, 2.45) is 0 Å². The van der Waals surface area contributed by atoms with Crippen molar-refractivity contribution in [3.05, 3.63) is 53.4 Å². The fourth-order valence-electron chi connectivity index (χ4n) is 1.68. The van der Waals surface area contributed by atoms with E-state index in [9.17, 15) is 4.79 Å². The van der Waals surface area contributed by atoms with Gasteiger partial charge in [-0.3, -0.25) is 4.79 Å². The van der Waals surface area contributed by atoms with Crippen molar-refractivity contribution in [2.45, 2.75) is 6.92 Å². The third kappa shape index (κ3) is 2.46. The largest absolute Gasteiger partial charge is 0.462 e. The molecule has 6 heteroatoms. The van der Waals surface area contributed by atoms with Crippen LogP contribution in [-0.2, 0) is 0 Å². The minimum atomic E-state index is -0.277. The average Bonchev–Trinajstić information content (AvgIpc) is 3.11. The second kappa shape index (κ2) is 5.26. The molecular weight excluding hydrogens is 274 g/mol. The van der Waals surface area contributed by atoms with Gasteiger partial charge in [0.05, 0.1) is 6.26 Å². The zero-order valence-corrected chi connectivity index (χ0v) is 11.5. The Bertz CT molecular complexity index is 734. The molecule has 100 valence electrons. The van der Waals surface area contributed by atoms with Crippen LogP contribution in [0.15, 0.2) is 46.5 Å². The van der Waals surface area contributed by atoms with Crippen molar-refractivity contribution in [1.29, 1.82) is 0 Å². The first-order valence-electron chi connectivity index (χ1n) is 5.96. The average molecular weight is 285 g/mol. The molecular formula is C14H11N3O2S. The van der Waals surface area contributed by atoms with E-state index in [2.05, 4.69) is 15.3 Å². The van der Waals surface area contributed by atoms with Crippen molar-refractivity contribution in [3.8, 4) is 10.8 Å². The highest BCUT2D eigenvalue weighted by Crippen LogP contribution is 2.24. The smallest absolute Gasteiger partial charge is 0.276 e. The van der Waals surface area contributed by atoms with E-state index in [1.54, 1.807) is 23.9 Å². The van der Waals surface area contributed by atoms with Crippen molar-refractivity contribution in [3.63, 3.8) is 0 Å². The summed E-state index contributed by atoms with van der Waals surface area (Å²) >= 11 is 1.36. The maximum Gasteiger partial charge on any atom is 0.276 e. The molecule has 0 aliphatic rings. The molecule has 0 aromatic carbocycles. The molecule has 0 fully saturated rings. The highest BCUT2D eigenvalue weighted by molar-refractivity contribution is 7.13. The van der Waals surface area contributed by atoms with Gasteiger partial charge in [0.2, 0.25) is 0 Å². The SMILES string of the molecule is Cc1cccnc1NC(=O)c1csc(-c2ccco2)n1. The number of hydrogen-bond donors (Lipinski definition) is 1. The van der Waals surface area contributed by atoms with Gasteiger partial charge in [0, 0.05) is 11.6 Å². The third-order valence-electron chi connectivity index (χ3n) is 2.71.